The van der Waals surface area contributed by atoms with Gasteiger partial charge < -0.3 is 4.74 Å². The van der Waals surface area contributed by atoms with Gasteiger partial charge in [0.15, 0.2) is 0 Å². The molecule has 4 rings (SSSR count). The average Bonchev–Trinajstić information content (AvgIpc) is 3.18. The van der Waals surface area contributed by atoms with Gasteiger partial charge in [0.05, 0.1) is 8.07 Å². The summed E-state index contributed by atoms with van der Waals surface area (Å²) >= 11 is 0. The summed E-state index contributed by atoms with van der Waals surface area (Å²) in [4.78, 5) is 0. The van der Waals surface area contributed by atoms with Gasteiger partial charge in [-0.25, -0.2) is 0 Å². The van der Waals surface area contributed by atoms with Crippen molar-refractivity contribution in [3.8, 4) is 0 Å². The molecule has 0 amide bonds. The van der Waals surface area contributed by atoms with Crippen LogP contribution >= 0.6 is 0 Å². The van der Waals surface area contributed by atoms with Crippen LogP contribution < -0.4 is 37.7 Å². The van der Waals surface area contributed by atoms with Crippen LogP contribution in [0, 0.1) is 59.4 Å². The quantitative estimate of drug-likeness (QED) is 0.609. The van der Waals surface area contributed by atoms with E-state index in [0.29, 0.717) is 0 Å². The van der Waals surface area contributed by atoms with Gasteiger partial charge in [-0.15, -0.1) is 0 Å². The zero-order chi connectivity index (χ0) is 20.3. The van der Waals surface area contributed by atoms with E-state index in [1.165, 1.54) is 35.5 Å². The standard InChI is InChI=1S/C22H22Si.C4H10O.2Li/c1-15-13-17-9-5-7-11-19(17)21(15)23(3,4)22-16(2)14-18-10-6-8-12-20(18)22;1-3-5-4-2;;/h5-14H,1-4H3;3-4H2,1-2H3;;/q;;2*+1. The second kappa shape index (κ2) is 12.5. The van der Waals surface area contributed by atoms with Gasteiger partial charge in [-0.05, 0) is 49.6 Å². The monoisotopic (exact) mass is 402 g/mol. The van der Waals surface area contributed by atoms with Gasteiger partial charge in [0.25, 0.3) is 0 Å². The molecule has 0 N–H and O–H groups in total. The molecule has 4 aliphatic carbocycles. The first kappa shape index (κ1) is 28.4. The Morgan fingerprint density at radius 2 is 1.03 bits per heavy atom. The molecule has 4 aliphatic rings. The number of ether oxygens (including phenoxy) is 1. The minimum absolute atomic E-state index is 0. The van der Waals surface area contributed by atoms with E-state index in [9.17, 15) is 0 Å². The molecule has 1 nitrogen and oxygen atoms in total. The minimum Gasteiger partial charge on any atom is -0.382 e. The predicted molar refractivity (Wildman–Crippen MR) is 122 cm³/mol. The second-order valence-corrected chi connectivity index (χ2v) is 12.2. The Labute approximate surface area is 211 Å². The molecule has 0 bridgehead atoms. The van der Waals surface area contributed by atoms with Crippen molar-refractivity contribution in [2.45, 2.75) is 40.8 Å². The topological polar surface area (TPSA) is 9.23 Å². The fourth-order valence-corrected chi connectivity index (χ4v) is 8.89. The van der Waals surface area contributed by atoms with Crippen LogP contribution in [0.5, 0.6) is 0 Å². The average molecular weight is 403 g/mol. The molecule has 4 heteroatoms. The summed E-state index contributed by atoms with van der Waals surface area (Å²) in [5.74, 6) is 8.57. The van der Waals surface area contributed by atoms with E-state index < -0.39 is 8.07 Å². The molecule has 2 saturated carbocycles. The van der Waals surface area contributed by atoms with Gasteiger partial charge in [0.1, 0.15) is 0 Å². The molecule has 0 heterocycles. The Hall–Kier alpha value is 0.332. The van der Waals surface area contributed by atoms with Crippen molar-refractivity contribution in [3.63, 3.8) is 0 Å². The van der Waals surface area contributed by atoms with Crippen molar-refractivity contribution in [1.82, 2.24) is 0 Å². The van der Waals surface area contributed by atoms with Crippen molar-refractivity contribution in [2.75, 3.05) is 13.2 Å². The van der Waals surface area contributed by atoms with Gasteiger partial charge in [0, 0.05) is 36.9 Å². The van der Waals surface area contributed by atoms with Gasteiger partial charge in [-0.3, -0.25) is 0 Å². The SMILES string of the molecule is CCOCC.C[C]1[CH][C]2C=CC=C[C]2[C]1[Si](C)(C)[C]1[C](C)[CH][C]2C=CC=C[C]21.[Li+].[Li+]. The molecule has 0 atom stereocenters. The van der Waals surface area contributed by atoms with Crippen LogP contribution in [0.2, 0.25) is 13.1 Å². The summed E-state index contributed by atoms with van der Waals surface area (Å²) in [5.41, 5.74) is 3.21. The molecule has 2 fully saturated rings. The molecule has 146 valence electrons. The molecule has 30 heavy (non-hydrogen) atoms. The van der Waals surface area contributed by atoms with E-state index in [0.717, 1.165) is 13.2 Å². The first-order chi connectivity index (χ1) is 13.4. The second-order valence-electron chi connectivity index (χ2n) is 7.99. The first-order valence-electron chi connectivity index (χ1n) is 10.3. The third kappa shape index (κ3) is 5.81. The molecule has 0 spiro atoms. The third-order valence-electron chi connectivity index (χ3n) is 5.65. The smallest absolute Gasteiger partial charge is 0.382 e. The fraction of sp³-hybridized carbons (Fsp3) is 0.308. The molecule has 0 aromatic rings. The van der Waals surface area contributed by atoms with Crippen molar-refractivity contribution in [2.24, 2.45) is 0 Å². The Kier molecular flexibility index (Phi) is 11.9. The van der Waals surface area contributed by atoms with Crippen molar-refractivity contribution in [1.29, 1.82) is 0 Å². The van der Waals surface area contributed by atoms with Crippen LogP contribution in [0.1, 0.15) is 27.7 Å². The van der Waals surface area contributed by atoms with Gasteiger partial charge in [-0.2, -0.15) is 0 Å². The largest absolute Gasteiger partial charge is 1.00 e. The van der Waals surface area contributed by atoms with Crippen LogP contribution in [-0.4, -0.2) is 21.3 Å². The summed E-state index contributed by atoms with van der Waals surface area (Å²) in [7, 11) is -1.77. The number of fused-ring (bicyclic) bond motifs is 2. The van der Waals surface area contributed by atoms with Crippen LogP contribution in [0.15, 0.2) is 48.6 Å². The third-order valence-corrected chi connectivity index (χ3v) is 9.48. The predicted octanol–water partition coefficient (Wildman–Crippen LogP) is 0.148. The normalized spacial score (nSPS) is 23.7. The number of allylic oxidation sites excluding steroid dienone is 8. The van der Waals surface area contributed by atoms with Crippen LogP contribution in [-0.2, 0) is 4.74 Å². The van der Waals surface area contributed by atoms with E-state index >= 15 is 0 Å². The zero-order valence-electron chi connectivity index (χ0n) is 20.1. The van der Waals surface area contributed by atoms with Gasteiger partial charge in [-0.1, -0.05) is 75.5 Å². The van der Waals surface area contributed by atoms with Crippen molar-refractivity contribution in [3.05, 3.63) is 108 Å². The molecule has 0 saturated heterocycles. The molecule has 10 radical (unpaired) electrons. The number of rotatable bonds is 4. The maximum absolute atomic E-state index is 4.83. The Morgan fingerprint density at radius 3 is 1.37 bits per heavy atom. The van der Waals surface area contributed by atoms with E-state index in [4.69, 9.17) is 4.74 Å². The van der Waals surface area contributed by atoms with E-state index in [1.807, 2.05) is 13.8 Å². The van der Waals surface area contributed by atoms with Gasteiger partial charge in [0.2, 0.25) is 0 Å². The van der Waals surface area contributed by atoms with Gasteiger partial charge >= 0.3 is 37.7 Å². The summed E-state index contributed by atoms with van der Waals surface area (Å²) in [5, 5.41) is 0. The maximum atomic E-state index is 4.83. The van der Waals surface area contributed by atoms with Crippen LogP contribution in [0.4, 0.5) is 0 Å². The van der Waals surface area contributed by atoms with Crippen LogP contribution in [0.3, 0.4) is 0 Å². The summed E-state index contributed by atoms with van der Waals surface area (Å²) in [6, 6.07) is 0. The fourth-order valence-electron chi connectivity index (χ4n) is 4.73. The Morgan fingerprint density at radius 1 is 0.667 bits per heavy atom. The Balaban J connectivity index is 0.000000581. The number of hydrogen-bond acceptors (Lipinski definition) is 1. The molecular formula is C26H32Li2OSi+2. The van der Waals surface area contributed by atoms with E-state index in [-0.39, 0.29) is 37.7 Å². The molecular weight excluding hydrogens is 370 g/mol. The number of hydrogen-bond donors (Lipinski definition) is 0. The van der Waals surface area contributed by atoms with E-state index in [2.05, 4.69) is 88.4 Å². The summed E-state index contributed by atoms with van der Waals surface area (Å²) < 4.78 is 4.83. The maximum Gasteiger partial charge on any atom is 1.00 e. The Bertz CT molecular complexity index is 587. The molecule has 0 aromatic carbocycles. The summed E-state index contributed by atoms with van der Waals surface area (Å²) in [6.45, 7) is 15.3. The minimum atomic E-state index is -1.77. The molecule has 0 aliphatic heterocycles. The molecule has 0 aromatic heterocycles. The summed E-state index contributed by atoms with van der Waals surface area (Å²) in [6.07, 6.45) is 22.4. The first-order valence-corrected chi connectivity index (χ1v) is 13.3. The van der Waals surface area contributed by atoms with Crippen molar-refractivity contribution < 1.29 is 42.5 Å². The van der Waals surface area contributed by atoms with Crippen molar-refractivity contribution >= 4 is 8.07 Å². The molecule has 0 unspecified atom stereocenters. The zero-order valence-corrected chi connectivity index (χ0v) is 21.1. The van der Waals surface area contributed by atoms with E-state index in [1.54, 1.807) is 11.1 Å². The van der Waals surface area contributed by atoms with Crippen LogP contribution in [0.25, 0.3) is 0 Å².